The molecule has 2 aliphatic rings. The quantitative estimate of drug-likeness (QED) is 0.672. The Morgan fingerprint density at radius 3 is 2.55 bits per heavy atom. The molecule has 1 aromatic heterocycles. The van der Waals surface area contributed by atoms with Crippen LogP contribution in [0.3, 0.4) is 0 Å². The van der Waals surface area contributed by atoms with E-state index in [0.717, 1.165) is 49.9 Å². The molecule has 33 heavy (non-hydrogen) atoms. The molecule has 0 bridgehead atoms. The highest BCUT2D eigenvalue weighted by atomic mass is 32.2. The number of nitrogens with one attached hydrogen (secondary N) is 1. The van der Waals surface area contributed by atoms with Crippen molar-refractivity contribution in [2.24, 2.45) is 0 Å². The van der Waals surface area contributed by atoms with E-state index < -0.39 is 15.7 Å². The van der Waals surface area contributed by atoms with Crippen LogP contribution < -0.4 is 10.2 Å². The highest BCUT2D eigenvalue weighted by Crippen LogP contribution is 2.36. The molecule has 0 unspecified atom stereocenters. The molecule has 176 valence electrons. The average molecular weight is 474 g/mol. The van der Waals surface area contributed by atoms with E-state index in [1.165, 1.54) is 12.1 Å². The summed E-state index contributed by atoms with van der Waals surface area (Å²) < 4.78 is 37.5. The summed E-state index contributed by atoms with van der Waals surface area (Å²) >= 11 is 0. The van der Waals surface area contributed by atoms with Gasteiger partial charge in [0.25, 0.3) is 0 Å². The zero-order valence-electron chi connectivity index (χ0n) is 19.0. The van der Waals surface area contributed by atoms with Gasteiger partial charge in [-0.15, -0.1) is 0 Å². The molecule has 2 saturated heterocycles. The zero-order chi connectivity index (χ0) is 23.8. The van der Waals surface area contributed by atoms with E-state index in [1.54, 1.807) is 6.20 Å². The molecule has 1 N–H and O–H groups in total. The average Bonchev–Trinajstić information content (AvgIpc) is 2.72. The van der Waals surface area contributed by atoms with E-state index in [2.05, 4.69) is 43.1 Å². The second-order valence-electron chi connectivity index (χ2n) is 8.95. The van der Waals surface area contributed by atoms with Crippen molar-refractivity contribution in [3.05, 3.63) is 35.8 Å². The summed E-state index contributed by atoms with van der Waals surface area (Å²) in [5, 5.41) is 12.4. The van der Waals surface area contributed by atoms with E-state index >= 15 is 0 Å². The molecule has 2 aliphatic heterocycles. The first-order chi connectivity index (χ1) is 15.6. The molecule has 0 aliphatic carbocycles. The van der Waals surface area contributed by atoms with Gasteiger partial charge in [-0.1, -0.05) is 0 Å². The van der Waals surface area contributed by atoms with Crippen LogP contribution in [0.2, 0.25) is 0 Å². The number of likely N-dealkylation sites (N-methyl/N-ethyl adjacent to an activating group) is 1. The van der Waals surface area contributed by atoms with Crippen LogP contribution in [0, 0.1) is 24.1 Å². The van der Waals surface area contributed by atoms with Gasteiger partial charge >= 0.3 is 0 Å². The smallest absolute Gasteiger partial charge is 0.229 e. The molecule has 0 spiro atoms. The Morgan fingerprint density at radius 2 is 1.94 bits per heavy atom. The molecule has 0 amide bonds. The Balaban J connectivity index is 1.50. The number of rotatable bonds is 6. The topological polar surface area (TPSA) is 105 Å². The number of nitriles is 1. The second-order valence-corrected chi connectivity index (χ2v) is 10.9. The molecule has 0 radical (unpaired) electrons. The van der Waals surface area contributed by atoms with Crippen LogP contribution >= 0.6 is 0 Å². The lowest BCUT2D eigenvalue weighted by Gasteiger charge is -2.57. The van der Waals surface area contributed by atoms with E-state index in [1.807, 2.05) is 6.92 Å². The van der Waals surface area contributed by atoms with E-state index in [0.29, 0.717) is 31.1 Å². The van der Waals surface area contributed by atoms with Gasteiger partial charge in [-0.25, -0.2) is 17.8 Å². The zero-order valence-corrected chi connectivity index (χ0v) is 19.9. The van der Waals surface area contributed by atoms with Crippen LogP contribution in [0.4, 0.5) is 21.8 Å². The SMILES string of the molecule is Cc1cnc(Nc2ccc(S(C)(=O)=O)c(F)c2)nc1N1CC(CC#N)(N2CCN(C)CC2)C1. The standard InChI is InChI=1S/C22H28FN7O2S/c1-16-13-25-21(26-17-4-5-19(18(23)12-17)33(3,31)32)27-20(16)29-14-22(15-29,6-7-24)30-10-8-28(2)9-11-30/h4-5,12-13H,6,8-11,14-15H2,1-3H3,(H,25,26,27). The van der Waals surface area contributed by atoms with Gasteiger partial charge in [0.15, 0.2) is 9.84 Å². The summed E-state index contributed by atoms with van der Waals surface area (Å²) in [5.74, 6) is 0.231. The van der Waals surface area contributed by atoms with Crippen LogP contribution in [0.1, 0.15) is 12.0 Å². The van der Waals surface area contributed by atoms with Gasteiger partial charge in [-0.05, 0) is 32.2 Å². The van der Waals surface area contributed by atoms with Crippen LogP contribution in [-0.2, 0) is 9.84 Å². The fourth-order valence-corrected chi connectivity index (χ4v) is 5.22. The summed E-state index contributed by atoms with van der Waals surface area (Å²) in [6.45, 7) is 7.20. The Labute approximate surface area is 193 Å². The summed E-state index contributed by atoms with van der Waals surface area (Å²) in [6.07, 6.45) is 3.13. The summed E-state index contributed by atoms with van der Waals surface area (Å²) in [5.41, 5.74) is 1.09. The third-order valence-corrected chi connectivity index (χ3v) is 7.51. The number of benzene rings is 1. The maximum Gasteiger partial charge on any atom is 0.229 e. The fraction of sp³-hybridized carbons (Fsp3) is 0.500. The van der Waals surface area contributed by atoms with Crippen molar-refractivity contribution >= 4 is 27.3 Å². The highest BCUT2D eigenvalue weighted by molar-refractivity contribution is 7.90. The molecular weight excluding hydrogens is 445 g/mol. The van der Waals surface area contributed by atoms with Crippen molar-refractivity contribution in [1.82, 2.24) is 19.8 Å². The van der Waals surface area contributed by atoms with Crippen LogP contribution in [0.5, 0.6) is 0 Å². The second kappa shape index (κ2) is 8.85. The number of nitrogens with zero attached hydrogens (tertiary/aromatic N) is 6. The third-order valence-electron chi connectivity index (χ3n) is 6.38. The van der Waals surface area contributed by atoms with Crippen molar-refractivity contribution in [1.29, 1.82) is 5.26 Å². The molecule has 9 nitrogen and oxygen atoms in total. The number of piperazine rings is 1. The maximum absolute atomic E-state index is 14.2. The van der Waals surface area contributed by atoms with E-state index in [4.69, 9.17) is 0 Å². The van der Waals surface area contributed by atoms with Gasteiger partial charge in [0, 0.05) is 63.0 Å². The monoisotopic (exact) mass is 473 g/mol. The first-order valence-electron chi connectivity index (χ1n) is 10.8. The predicted octanol–water partition coefficient (Wildman–Crippen LogP) is 1.79. The fourth-order valence-electron chi connectivity index (χ4n) is 4.49. The lowest BCUT2D eigenvalue weighted by Crippen LogP contribution is -2.72. The van der Waals surface area contributed by atoms with E-state index in [9.17, 15) is 18.1 Å². The minimum absolute atomic E-state index is 0.175. The van der Waals surface area contributed by atoms with Gasteiger partial charge in [0.05, 0.1) is 18.0 Å². The number of aromatic nitrogens is 2. The molecule has 2 aromatic rings. The van der Waals surface area contributed by atoms with Crippen molar-refractivity contribution in [2.75, 3.05) is 62.8 Å². The number of hydrogen-bond donors (Lipinski definition) is 1. The largest absolute Gasteiger partial charge is 0.352 e. The first kappa shape index (κ1) is 23.4. The Bertz CT molecular complexity index is 1180. The number of halogens is 1. The third kappa shape index (κ3) is 4.78. The summed E-state index contributed by atoms with van der Waals surface area (Å²) in [6, 6.07) is 6.19. The molecule has 4 rings (SSSR count). The van der Waals surface area contributed by atoms with Crippen LogP contribution in [-0.4, -0.2) is 86.3 Å². The van der Waals surface area contributed by atoms with Crippen molar-refractivity contribution in [2.45, 2.75) is 23.8 Å². The lowest BCUT2D eigenvalue weighted by molar-refractivity contribution is 0.0218. The summed E-state index contributed by atoms with van der Waals surface area (Å²) in [4.78, 5) is 15.4. The molecule has 3 heterocycles. The minimum Gasteiger partial charge on any atom is -0.352 e. The first-order valence-corrected chi connectivity index (χ1v) is 12.7. The van der Waals surface area contributed by atoms with Gasteiger partial charge in [0.2, 0.25) is 5.95 Å². The van der Waals surface area contributed by atoms with E-state index in [-0.39, 0.29) is 10.4 Å². The predicted molar refractivity (Wildman–Crippen MR) is 124 cm³/mol. The number of sulfone groups is 1. The summed E-state index contributed by atoms with van der Waals surface area (Å²) in [7, 11) is -1.53. The Morgan fingerprint density at radius 1 is 1.24 bits per heavy atom. The maximum atomic E-state index is 14.2. The molecule has 1 aromatic carbocycles. The molecule has 0 saturated carbocycles. The number of anilines is 3. The van der Waals surface area contributed by atoms with Crippen LogP contribution in [0.25, 0.3) is 0 Å². The van der Waals surface area contributed by atoms with Crippen molar-refractivity contribution < 1.29 is 12.8 Å². The Kier molecular flexibility index (Phi) is 6.26. The molecule has 2 fully saturated rings. The molecule has 11 heteroatoms. The van der Waals surface area contributed by atoms with Gasteiger partial charge in [0.1, 0.15) is 16.5 Å². The minimum atomic E-state index is -3.64. The molecular formula is C22H28FN7O2S. The molecule has 0 atom stereocenters. The van der Waals surface area contributed by atoms with Gasteiger partial charge in [-0.2, -0.15) is 10.2 Å². The van der Waals surface area contributed by atoms with Crippen molar-refractivity contribution in [3.63, 3.8) is 0 Å². The highest BCUT2D eigenvalue weighted by Gasteiger charge is 2.48. The lowest BCUT2D eigenvalue weighted by atomic mass is 9.84. The van der Waals surface area contributed by atoms with Crippen molar-refractivity contribution in [3.8, 4) is 6.07 Å². The Hall–Kier alpha value is -2.81. The van der Waals surface area contributed by atoms with Gasteiger partial charge in [-0.3, -0.25) is 4.90 Å². The number of aryl methyl sites for hydroxylation is 1. The van der Waals surface area contributed by atoms with Crippen LogP contribution in [0.15, 0.2) is 29.3 Å². The van der Waals surface area contributed by atoms with Gasteiger partial charge < -0.3 is 15.1 Å². The number of hydrogen-bond acceptors (Lipinski definition) is 9. The normalized spacial score (nSPS) is 19.1.